The number of nitrogens with one attached hydrogen (secondary N) is 1. The molecule has 2 amide bonds. The van der Waals surface area contributed by atoms with Gasteiger partial charge in [-0.1, -0.05) is 23.7 Å². The number of hydrogen-bond donors (Lipinski definition) is 1. The quantitative estimate of drug-likeness (QED) is 0.627. The molecule has 2 rings (SSSR count). The van der Waals surface area contributed by atoms with Crippen LogP contribution in [0.5, 0.6) is 11.5 Å². The Kier molecular flexibility index (Phi) is 8.30. The minimum absolute atomic E-state index is 0.0656. The summed E-state index contributed by atoms with van der Waals surface area (Å²) in [5.41, 5.74) is 3.51. The second-order valence-corrected chi connectivity index (χ2v) is 7.20. The lowest BCUT2D eigenvalue weighted by Gasteiger charge is -2.16. The lowest BCUT2D eigenvalue weighted by molar-refractivity contribution is -0.129. The molecule has 160 valence electrons. The van der Waals surface area contributed by atoms with Gasteiger partial charge in [-0.25, -0.2) is 0 Å². The van der Waals surface area contributed by atoms with Crippen LogP contribution in [0, 0.1) is 13.8 Å². The lowest BCUT2D eigenvalue weighted by atomic mass is 10.1. The molecule has 0 saturated carbocycles. The zero-order valence-electron chi connectivity index (χ0n) is 17.9. The Morgan fingerprint density at radius 1 is 1.23 bits per heavy atom. The molecule has 7 heteroatoms. The average Bonchev–Trinajstić information content (AvgIpc) is 2.71. The molecule has 0 aliphatic heterocycles. The van der Waals surface area contributed by atoms with Gasteiger partial charge in [0, 0.05) is 18.8 Å². The van der Waals surface area contributed by atoms with Gasteiger partial charge in [-0.3, -0.25) is 9.59 Å². The van der Waals surface area contributed by atoms with Crippen LogP contribution in [-0.2, 0) is 9.59 Å². The number of anilines is 1. The van der Waals surface area contributed by atoms with Crippen LogP contribution in [0.2, 0.25) is 5.02 Å². The first-order chi connectivity index (χ1) is 14.3. The Hall–Kier alpha value is -2.99. The van der Waals surface area contributed by atoms with Crippen molar-refractivity contribution in [1.82, 2.24) is 4.90 Å². The summed E-state index contributed by atoms with van der Waals surface area (Å²) < 4.78 is 10.8. The summed E-state index contributed by atoms with van der Waals surface area (Å²) in [6.07, 6.45) is 3.00. The van der Waals surface area contributed by atoms with Gasteiger partial charge in [-0.15, -0.1) is 0 Å². The summed E-state index contributed by atoms with van der Waals surface area (Å²) in [5.74, 6) is 0.372. The fourth-order valence-electron chi connectivity index (χ4n) is 2.78. The highest BCUT2D eigenvalue weighted by Gasteiger charge is 2.13. The van der Waals surface area contributed by atoms with E-state index in [1.54, 1.807) is 25.3 Å². The van der Waals surface area contributed by atoms with E-state index in [1.165, 1.54) is 18.1 Å². The standard InChI is InChI=1S/C23H27ClN2O4/c1-6-30-23-18(24)12-17(13-20(23)29-5)10-11-22(28)26(4)14-21(27)25-19-9-7-8-15(2)16(19)3/h7-13H,6,14H2,1-5H3,(H,25,27)/b11-10+. The van der Waals surface area contributed by atoms with Gasteiger partial charge < -0.3 is 19.7 Å². The van der Waals surface area contributed by atoms with Crippen molar-refractivity contribution in [2.75, 3.05) is 32.6 Å². The molecular weight excluding hydrogens is 404 g/mol. The Balaban J connectivity index is 2.03. The van der Waals surface area contributed by atoms with E-state index in [0.29, 0.717) is 28.7 Å². The second kappa shape index (κ2) is 10.7. The van der Waals surface area contributed by atoms with Gasteiger partial charge in [-0.2, -0.15) is 0 Å². The van der Waals surface area contributed by atoms with Crippen LogP contribution in [0.1, 0.15) is 23.6 Å². The van der Waals surface area contributed by atoms with Crippen LogP contribution in [0.25, 0.3) is 6.08 Å². The maximum atomic E-state index is 12.4. The van der Waals surface area contributed by atoms with Crippen molar-refractivity contribution in [3.8, 4) is 11.5 Å². The van der Waals surface area contributed by atoms with Crippen molar-refractivity contribution in [3.63, 3.8) is 0 Å². The van der Waals surface area contributed by atoms with E-state index in [0.717, 1.165) is 16.8 Å². The Morgan fingerprint density at radius 3 is 2.63 bits per heavy atom. The summed E-state index contributed by atoms with van der Waals surface area (Å²) in [5, 5.41) is 3.24. The number of aryl methyl sites for hydroxylation is 1. The molecule has 0 atom stereocenters. The lowest BCUT2D eigenvalue weighted by Crippen LogP contribution is -2.34. The van der Waals surface area contributed by atoms with Crippen LogP contribution in [0.15, 0.2) is 36.4 Å². The molecule has 0 unspecified atom stereocenters. The van der Waals surface area contributed by atoms with E-state index in [2.05, 4.69) is 5.32 Å². The number of likely N-dealkylation sites (N-methyl/N-ethyl adjacent to an activating group) is 1. The van der Waals surface area contributed by atoms with Crippen LogP contribution in [-0.4, -0.2) is 44.0 Å². The molecule has 0 radical (unpaired) electrons. The van der Waals surface area contributed by atoms with Gasteiger partial charge in [0.05, 0.1) is 25.3 Å². The number of ether oxygens (including phenoxy) is 2. The molecule has 2 aromatic carbocycles. The van der Waals surface area contributed by atoms with E-state index in [-0.39, 0.29) is 18.4 Å². The molecule has 0 bridgehead atoms. The molecule has 0 heterocycles. The summed E-state index contributed by atoms with van der Waals surface area (Å²) >= 11 is 6.25. The fraction of sp³-hybridized carbons (Fsp3) is 0.304. The number of amides is 2. The van der Waals surface area contributed by atoms with Crippen molar-refractivity contribution in [3.05, 3.63) is 58.1 Å². The molecule has 6 nitrogen and oxygen atoms in total. The molecule has 0 fully saturated rings. The second-order valence-electron chi connectivity index (χ2n) is 6.79. The van der Waals surface area contributed by atoms with Gasteiger partial charge in [0.25, 0.3) is 0 Å². The molecule has 0 saturated heterocycles. The minimum atomic E-state index is -0.310. The SMILES string of the molecule is CCOc1c(Cl)cc(/C=C/C(=O)N(C)CC(=O)Nc2cccc(C)c2C)cc1OC. The summed E-state index contributed by atoms with van der Waals surface area (Å²) in [6, 6.07) is 9.12. The molecule has 0 aliphatic rings. The number of nitrogens with zero attached hydrogens (tertiary/aromatic N) is 1. The highest BCUT2D eigenvalue weighted by atomic mass is 35.5. The van der Waals surface area contributed by atoms with Gasteiger partial charge >= 0.3 is 0 Å². The number of carbonyl (C=O) groups is 2. The van der Waals surface area contributed by atoms with Gasteiger partial charge in [0.1, 0.15) is 0 Å². The molecule has 2 aromatic rings. The van der Waals surface area contributed by atoms with Gasteiger partial charge in [0.15, 0.2) is 11.5 Å². The van der Waals surface area contributed by atoms with Crippen LogP contribution in [0.4, 0.5) is 5.69 Å². The number of carbonyl (C=O) groups excluding carboxylic acids is 2. The first-order valence-electron chi connectivity index (χ1n) is 9.56. The third-order valence-corrected chi connectivity index (χ3v) is 4.88. The first-order valence-corrected chi connectivity index (χ1v) is 9.94. The third kappa shape index (κ3) is 6.00. The molecule has 30 heavy (non-hydrogen) atoms. The number of halogens is 1. The topological polar surface area (TPSA) is 67.9 Å². The van der Waals surface area contributed by atoms with E-state index in [9.17, 15) is 9.59 Å². The molecule has 0 aliphatic carbocycles. The van der Waals surface area contributed by atoms with E-state index in [1.807, 2.05) is 39.0 Å². The Labute approximate surface area is 182 Å². The van der Waals surface area contributed by atoms with Crippen LogP contribution < -0.4 is 14.8 Å². The zero-order valence-corrected chi connectivity index (χ0v) is 18.7. The largest absolute Gasteiger partial charge is 0.493 e. The Bertz CT molecular complexity index is 956. The van der Waals surface area contributed by atoms with Crippen molar-refractivity contribution >= 4 is 35.2 Å². The summed E-state index contributed by atoms with van der Waals surface area (Å²) in [4.78, 5) is 26.1. The van der Waals surface area contributed by atoms with Crippen molar-refractivity contribution in [2.45, 2.75) is 20.8 Å². The van der Waals surface area contributed by atoms with E-state index < -0.39 is 0 Å². The van der Waals surface area contributed by atoms with Crippen LogP contribution >= 0.6 is 11.6 Å². The highest BCUT2D eigenvalue weighted by Crippen LogP contribution is 2.36. The third-order valence-electron chi connectivity index (χ3n) is 4.59. The predicted molar refractivity (Wildman–Crippen MR) is 120 cm³/mol. The normalized spacial score (nSPS) is 10.7. The van der Waals surface area contributed by atoms with E-state index >= 15 is 0 Å². The maximum absolute atomic E-state index is 12.4. The minimum Gasteiger partial charge on any atom is -0.493 e. The number of benzene rings is 2. The molecule has 0 aromatic heterocycles. The monoisotopic (exact) mass is 430 g/mol. The maximum Gasteiger partial charge on any atom is 0.246 e. The number of rotatable bonds is 8. The van der Waals surface area contributed by atoms with Crippen molar-refractivity contribution in [1.29, 1.82) is 0 Å². The number of methoxy groups -OCH3 is 1. The summed E-state index contributed by atoms with van der Waals surface area (Å²) in [6.45, 7) is 6.17. The van der Waals surface area contributed by atoms with Crippen LogP contribution in [0.3, 0.4) is 0 Å². The van der Waals surface area contributed by atoms with Gasteiger partial charge in [0.2, 0.25) is 11.8 Å². The first kappa shape index (κ1) is 23.3. The molecule has 0 spiro atoms. The Morgan fingerprint density at radius 2 is 1.97 bits per heavy atom. The molecule has 1 N–H and O–H groups in total. The summed E-state index contributed by atoms with van der Waals surface area (Å²) in [7, 11) is 3.09. The highest BCUT2D eigenvalue weighted by molar-refractivity contribution is 6.32. The molecular formula is C23H27ClN2O4. The zero-order chi connectivity index (χ0) is 22.3. The predicted octanol–water partition coefficient (Wildman–Crippen LogP) is 4.47. The average molecular weight is 431 g/mol. The fourth-order valence-corrected chi connectivity index (χ4v) is 3.06. The van der Waals surface area contributed by atoms with E-state index in [4.69, 9.17) is 21.1 Å². The van der Waals surface area contributed by atoms with Crippen molar-refractivity contribution < 1.29 is 19.1 Å². The van der Waals surface area contributed by atoms with Crippen molar-refractivity contribution in [2.24, 2.45) is 0 Å². The smallest absolute Gasteiger partial charge is 0.246 e. The van der Waals surface area contributed by atoms with Gasteiger partial charge in [-0.05, 0) is 61.7 Å². The number of hydrogen-bond acceptors (Lipinski definition) is 4.